The van der Waals surface area contributed by atoms with Crippen LogP contribution in [0.3, 0.4) is 0 Å². The Morgan fingerprint density at radius 2 is 1.96 bits per heavy atom. The van der Waals surface area contributed by atoms with Gasteiger partial charge in [0, 0.05) is 60.1 Å². The van der Waals surface area contributed by atoms with Gasteiger partial charge in [0.1, 0.15) is 18.3 Å². The number of benzene rings is 3. The normalized spacial score (nSPS) is 12.5. The maximum absolute atomic E-state index is 12.6. The Bertz CT molecular complexity index is 2020. The number of carbonyl (C=O) groups is 2. The van der Waals surface area contributed by atoms with Crippen molar-refractivity contribution in [2.24, 2.45) is 5.73 Å². The van der Waals surface area contributed by atoms with Gasteiger partial charge in [-0.15, -0.1) is 0 Å². The van der Waals surface area contributed by atoms with E-state index < -0.39 is 16.0 Å². The molecule has 0 bridgehead atoms. The summed E-state index contributed by atoms with van der Waals surface area (Å²) in [6.45, 7) is 4.05. The van der Waals surface area contributed by atoms with Gasteiger partial charge in [-0.2, -0.15) is 8.42 Å². The standard InChI is InChI=1S/C32H36N6O6S/c1-3-38(14-4-16-45(41,42)43)24-7-10-28-30(19-24)44-29-18-23(6-9-27(29)36-28)37(2)15-12-31(39)34-13-11-22-20-35-26-8-5-21(32(33)40)17-25(22)26/h5-10,17-20H,3-4,11-16H2,1-2H3,(H4-,33,34,35,39,40,41,42,43)/p+1. The Hall–Kier alpha value is -4.75. The molecule has 13 heteroatoms. The fraction of sp³-hybridized carbons (Fsp3) is 0.312. The Balaban J connectivity index is 1.23. The van der Waals surface area contributed by atoms with E-state index in [1.165, 1.54) is 0 Å². The van der Waals surface area contributed by atoms with Gasteiger partial charge in [0.05, 0.1) is 18.2 Å². The second-order valence-corrected chi connectivity index (χ2v) is 12.5. The highest BCUT2D eigenvalue weighted by molar-refractivity contribution is 7.85. The number of nitrogens with one attached hydrogen (secondary N) is 2. The average Bonchev–Trinajstić information content (AvgIpc) is 3.42. The number of amides is 2. The molecule has 2 aromatic carbocycles. The molecule has 5 rings (SSSR count). The molecule has 2 heterocycles. The van der Waals surface area contributed by atoms with E-state index in [1.807, 2.05) is 72.1 Å². The molecule has 0 atom stereocenters. The molecular formula is C32H37N6O6S+. The predicted octanol–water partition coefficient (Wildman–Crippen LogP) is 2.77. The van der Waals surface area contributed by atoms with Gasteiger partial charge in [-0.1, -0.05) is 0 Å². The molecule has 0 radical (unpaired) electrons. The first-order valence-corrected chi connectivity index (χ1v) is 16.4. The summed E-state index contributed by atoms with van der Waals surface area (Å²) in [7, 11) is -2.10. The lowest BCUT2D eigenvalue weighted by atomic mass is 10.1. The first-order chi connectivity index (χ1) is 21.5. The van der Waals surface area contributed by atoms with Crippen molar-refractivity contribution in [3.05, 3.63) is 77.3 Å². The summed E-state index contributed by atoms with van der Waals surface area (Å²) in [6.07, 6.45) is 3.09. The van der Waals surface area contributed by atoms with E-state index in [-0.39, 0.29) is 11.7 Å². The summed E-state index contributed by atoms with van der Waals surface area (Å²) in [6, 6.07) is 16.7. The van der Waals surface area contributed by atoms with Crippen molar-refractivity contribution in [1.29, 1.82) is 0 Å². The highest BCUT2D eigenvalue weighted by atomic mass is 32.2. The summed E-state index contributed by atoms with van der Waals surface area (Å²) in [5.74, 6) is -0.243. The summed E-state index contributed by atoms with van der Waals surface area (Å²) in [5.41, 5.74) is 10.6. The molecule has 0 saturated heterocycles. The number of aromatic nitrogens is 2. The fourth-order valence-electron chi connectivity index (χ4n) is 5.31. The first-order valence-electron chi connectivity index (χ1n) is 14.8. The van der Waals surface area contributed by atoms with Crippen molar-refractivity contribution in [2.45, 2.75) is 26.2 Å². The lowest BCUT2D eigenvalue weighted by Crippen LogP contribution is -2.32. The maximum atomic E-state index is 12.6. The highest BCUT2D eigenvalue weighted by Gasteiger charge is 2.15. The van der Waals surface area contributed by atoms with Crippen LogP contribution in [-0.4, -0.2) is 73.7 Å². The van der Waals surface area contributed by atoms with Gasteiger partial charge in [0.15, 0.2) is 17.9 Å². The van der Waals surface area contributed by atoms with Crippen molar-refractivity contribution in [2.75, 3.05) is 43.9 Å². The third-order valence-corrected chi connectivity index (χ3v) is 8.61. The van der Waals surface area contributed by atoms with Crippen LogP contribution >= 0.6 is 0 Å². The molecule has 1 aliphatic heterocycles. The second kappa shape index (κ2) is 13.5. The van der Waals surface area contributed by atoms with Crippen LogP contribution in [0, 0.1) is 0 Å². The van der Waals surface area contributed by atoms with Gasteiger partial charge >= 0.3 is 0 Å². The molecule has 45 heavy (non-hydrogen) atoms. The number of nitrogens with zero attached hydrogens (tertiary/aromatic N) is 3. The molecule has 0 fully saturated rings. The third kappa shape index (κ3) is 7.86. The summed E-state index contributed by atoms with van der Waals surface area (Å²) in [4.78, 5) is 34.1. The van der Waals surface area contributed by atoms with E-state index in [4.69, 9.17) is 19.7 Å². The number of rotatable bonds is 13. The smallest absolute Gasteiger partial charge is 0.264 e. The Labute approximate surface area is 260 Å². The van der Waals surface area contributed by atoms with E-state index in [0.29, 0.717) is 73.6 Å². The molecule has 12 nitrogen and oxygen atoms in total. The minimum absolute atomic E-state index is 0.0674. The van der Waals surface area contributed by atoms with Crippen LogP contribution in [0.25, 0.3) is 33.5 Å². The number of fused-ring (bicyclic) bond motifs is 3. The van der Waals surface area contributed by atoms with Gasteiger partial charge in [-0.3, -0.25) is 14.1 Å². The number of H-pyrrole nitrogens is 1. The quantitative estimate of drug-likeness (QED) is 0.0870. The SMILES string of the molecule is CCN(CCCS(=O)(=O)O)c1ccc2nc3ccc(=[N+](C)CCC(=O)NCCc4c[nH]c5ccc(C(N)=O)cc45)cc-3oc2c1. The topological polar surface area (TPSA) is 175 Å². The summed E-state index contributed by atoms with van der Waals surface area (Å²) in [5, 5.41) is 4.76. The van der Waals surface area contributed by atoms with E-state index in [2.05, 4.69) is 10.3 Å². The molecule has 5 N–H and O–H groups in total. The zero-order valence-corrected chi connectivity index (χ0v) is 26.1. The number of hydrogen-bond donors (Lipinski definition) is 4. The summed E-state index contributed by atoms with van der Waals surface area (Å²) < 4.78 is 39.5. The van der Waals surface area contributed by atoms with E-state index in [9.17, 15) is 18.0 Å². The molecule has 1 aliphatic carbocycles. The lowest BCUT2D eigenvalue weighted by Gasteiger charge is -2.23. The maximum Gasteiger partial charge on any atom is 0.264 e. The van der Waals surface area contributed by atoms with Crippen LogP contribution in [-0.2, 0) is 21.3 Å². The van der Waals surface area contributed by atoms with Gasteiger partial charge < -0.3 is 25.4 Å². The van der Waals surface area contributed by atoms with Crippen molar-refractivity contribution in [3.63, 3.8) is 0 Å². The van der Waals surface area contributed by atoms with Crippen LogP contribution in [0.2, 0.25) is 0 Å². The second-order valence-electron chi connectivity index (χ2n) is 10.9. The van der Waals surface area contributed by atoms with Gasteiger partial charge in [0.2, 0.25) is 17.2 Å². The third-order valence-electron chi connectivity index (χ3n) is 7.81. The number of anilines is 1. The number of nitrogens with two attached hydrogens (primary N) is 1. The van der Waals surface area contributed by atoms with E-state index in [0.717, 1.165) is 27.5 Å². The van der Waals surface area contributed by atoms with Gasteiger partial charge in [-0.05, 0) is 61.7 Å². The Morgan fingerprint density at radius 1 is 1.13 bits per heavy atom. The fourth-order valence-corrected chi connectivity index (χ4v) is 5.80. The molecule has 0 saturated carbocycles. The largest absolute Gasteiger partial charge is 0.452 e. The average molecular weight is 634 g/mol. The van der Waals surface area contributed by atoms with Crippen LogP contribution in [0.1, 0.15) is 35.7 Å². The lowest BCUT2D eigenvalue weighted by molar-refractivity contribution is -0.121. The molecule has 3 aromatic rings. The van der Waals surface area contributed by atoms with Crippen LogP contribution in [0.15, 0.2) is 65.2 Å². The number of hydrogen-bond acceptors (Lipinski definition) is 7. The van der Waals surface area contributed by atoms with Gasteiger partial charge in [0.25, 0.3) is 10.1 Å². The molecule has 0 spiro atoms. The number of carbonyl (C=O) groups excluding carboxylic acids is 2. The molecule has 0 unspecified atom stereocenters. The van der Waals surface area contributed by atoms with Crippen LogP contribution in [0.5, 0.6) is 0 Å². The number of primary amides is 1. The monoisotopic (exact) mass is 633 g/mol. The molecule has 236 valence electrons. The first kappa shape index (κ1) is 31.7. The minimum atomic E-state index is -4.01. The molecule has 2 amide bonds. The Kier molecular flexibility index (Phi) is 9.49. The zero-order valence-electron chi connectivity index (χ0n) is 25.2. The van der Waals surface area contributed by atoms with Crippen molar-refractivity contribution < 1.29 is 27.0 Å². The molecular weight excluding hydrogens is 596 g/mol. The van der Waals surface area contributed by atoms with E-state index in [1.54, 1.807) is 12.1 Å². The van der Waals surface area contributed by atoms with Crippen LogP contribution < -0.4 is 25.9 Å². The van der Waals surface area contributed by atoms with Crippen molar-refractivity contribution in [3.8, 4) is 11.5 Å². The predicted molar refractivity (Wildman–Crippen MR) is 174 cm³/mol. The molecule has 1 aromatic heterocycles. The molecule has 2 aliphatic rings. The van der Waals surface area contributed by atoms with E-state index >= 15 is 0 Å². The van der Waals surface area contributed by atoms with Crippen molar-refractivity contribution in [1.82, 2.24) is 19.9 Å². The Morgan fingerprint density at radius 3 is 2.71 bits per heavy atom. The minimum Gasteiger partial charge on any atom is -0.452 e. The zero-order chi connectivity index (χ0) is 32.1. The highest BCUT2D eigenvalue weighted by Crippen LogP contribution is 2.27. The number of aromatic amines is 1. The van der Waals surface area contributed by atoms with Crippen molar-refractivity contribution >= 4 is 49.6 Å². The summed E-state index contributed by atoms with van der Waals surface area (Å²) >= 11 is 0. The van der Waals surface area contributed by atoms with Gasteiger partial charge in [-0.25, -0.2) is 9.56 Å². The van der Waals surface area contributed by atoms with Crippen LogP contribution in [0.4, 0.5) is 5.69 Å².